The van der Waals surface area contributed by atoms with Gasteiger partial charge in [0.15, 0.2) is 5.69 Å². The fourth-order valence-electron chi connectivity index (χ4n) is 2.22. The molecule has 1 aliphatic rings. The number of carbonyl (C=O) groups is 1. The number of nitro groups is 1. The third-order valence-corrected chi connectivity index (χ3v) is 3.40. The van der Waals surface area contributed by atoms with Crippen LogP contribution in [-0.4, -0.2) is 46.5 Å². The molecule has 0 aliphatic carbocycles. The third-order valence-electron chi connectivity index (χ3n) is 3.40. The van der Waals surface area contributed by atoms with Gasteiger partial charge in [-0.05, 0) is 24.0 Å². The van der Waals surface area contributed by atoms with E-state index in [9.17, 15) is 14.9 Å². The van der Waals surface area contributed by atoms with E-state index in [0.29, 0.717) is 5.69 Å². The number of hydrogen-bond acceptors (Lipinski definition) is 4. The summed E-state index contributed by atoms with van der Waals surface area (Å²) in [4.78, 5) is 24.1. The molecule has 1 aromatic rings. The van der Waals surface area contributed by atoms with Gasteiger partial charge in [0.1, 0.15) is 0 Å². The van der Waals surface area contributed by atoms with Crippen molar-refractivity contribution in [1.29, 1.82) is 0 Å². The minimum atomic E-state index is -0.492. The van der Waals surface area contributed by atoms with Crippen molar-refractivity contribution in [3.05, 3.63) is 27.9 Å². The van der Waals surface area contributed by atoms with Gasteiger partial charge in [0.05, 0.1) is 7.05 Å². The number of likely N-dealkylation sites (N-methyl/N-ethyl adjacent to an activating group) is 1. The molecule has 1 aromatic heterocycles. The second-order valence-corrected chi connectivity index (χ2v) is 4.46. The first-order valence-electron chi connectivity index (χ1n) is 5.80. The van der Waals surface area contributed by atoms with Crippen molar-refractivity contribution < 1.29 is 9.72 Å². The van der Waals surface area contributed by atoms with E-state index in [-0.39, 0.29) is 30.2 Å². The van der Waals surface area contributed by atoms with Crippen LogP contribution in [0, 0.1) is 10.1 Å². The summed E-state index contributed by atoms with van der Waals surface area (Å²) in [5, 5.41) is 13.9. The molecule has 1 aliphatic heterocycles. The van der Waals surface area contributed by atoms with E-state index in [1.807, 2.05) is 0 Å². The van der Waals surface area contributed by atoms with Gasteiger partial charge < -0.3 is 20.3 Å². The summed E-state index contributed by atoms with van der Waals surface area (Å²) in [7, 11) is 3.27. The van der Waals surface area contributed by atoms with Crippen LogP contribution in [0.25, 0.3) is 0 Å². The smallest absolute Gasteiger partial charge is 0.323 e. The van der Waals surface area contributed by atoms with Gasteiger partial charge in [-0.25, -0.2) is 4.57 Å². The zero-order valence-electron chi connectivity index (χ0n) is 10.8. The van der Waals surface area contributed by atoms with Gasteiger partial charge in [0.25, 0.3) is 5.91 Å². The molecular weight excluding hydrogens is 272 g/mol. The van der Waals surface area contributed by atoms with Crippen LogP contribution >= 0.6 is 12.4 Å². The molecule has 1 unspecified atom stereocenters. The molecule has 1 amide bonds. The first kappa shape index (κ1) is 15.5. The second-order valence-electron chi connectivity index (χ2n) is 4.46. The van der Waals surface area contributed by atoms with E-state index in [1.165, 1.54) is 23.7 Å². The van der Waals surface area contributed by atoms with Gasteiger partial charge in [-0.1, -0.05) is 0 Å². The fraction of sp³-hybridized carbons (Fsp3) is 0.545. The SMILES string of the molecule is CN(C(=O)c1ccc([N+](=O)[O-])n1C)C1CCNC1.Cl. The summed E-state index contributed by atoms with van der Waals surface area (Å²) in [6.07, 6.45) is 0.911. The summed E-state index contributed by atoms with van der Waals surface area (Å²) in [5.74, 6) is -0.254. The lowest BCUT2D eigenvalue weighted by atomic mass is 10.2. The minimum absolute atomic E-state index is 0. The Morgan fingerprint density at radius 3 is 2.74 bits per heavy atom. The Labute approximate surface area is 117 Å². The lowest BCUT2D eigenvalue weighted by Crippen LogP contribution is -2.39. The second kappa shape index (κ2) is 6.03. The summed E-state index contributed by atoms with van der Waals surface area (Å²) in [6.45, 7) is 1.67. The molecule has 1 atom stereocenters. The highest BCUT2D eigenvalue weighted by Crippen LogP contribution is 2.18. The fourth-order valence-corrected chi connectivity index (χ4v) is 2.22. The number of halogens is 1. The lowest BCUT2D eigenvalue weighted by molar-refractivity contribution is -0.391. The van der Waals surface area contributed by atoms with Crippen LogP contribution in [0.4, 0.5) is 5.82 Å². The van der Waals surface area contributed by atoms with E-state index in [1.54, 1.807) is 11.9 Å². The molecule has 7 nitrogen and oxygen atoms in total. The van der Waals surface area contributed by atoms with Crippen LogP contribution in [0.2, 0.25) is 0 Å². The molecule has 8 heteroatoms. The van der Waals surface area contributed by atoms with Crippen LogP contribution < -0.4 is 5.32 Å². The van der Waals surface area contributed by atoms with Crippen molar-refractivity contribution in [2.24, 2.45) is 7.05 Å². The Morgan fingerprint density at radius 2 is 2.26 bits per heavy atom. The Morgan fingerprint density at radius 1 is 1.58 bits per heavy atom. The molecular formula is C11H17ClN4O3. The van der Waals surface area contributed by atoms with Crippen LogP contribution in [0.3, 0.4) is 0 Å². The Balaban J connectivity index is 0.00000180. The first-order chi connectivity index (χ1) is 8.52. The van der Waals surface area contributed by atoms with Gasteiger partial charge in [-0.15, -0.1) is 12.4 Å². The third kappa shape index (κ3) is 2.87. The molecule has 1 N–H and O–H groups in total. The van der Waals surface area contributed by atoms with Crippen molar-refractivity contribution in [3.63, 3.8) is 0 Å². The average Bonchev–Trinajstić information content (AvgIpc) is 2.95. The molecule has 0 aromatic carbocycles. The number of nitrogens with zero attached hydrogens (tertiary/aromatic N) is 3. The van der Waals surface area contributed by atoms with Crippen molar-refractivity contribution in [1.82, 2.24) is 14.8 Å². The lowest BCUT2D eigenvalue weighted by Gasteiger charge is -2.22. The molecule has 1 saturated heterocycles. The van der Waals surface area contributed by atoms with Crippen LogP contribution in [-0.2, 0) is 7.05 Å². The molecule has 0 saturated carbocycles. The highest BCUT2D eigenvalue weighted by molar-refractivity contribution is 5.93. The maximum Gasteiger partial charge on any atom is 0.323 e. The van der Waals surface area contributed by atoms with Gasteiger partial charge >= 0.3 is 5.82 Å². The maximum atomic E-state index is 12.2. The van der Waals surface area contributed by atoms with Crippen molar-refractivity contribution in [3.8, 4) is 0 Å². The molecule has 0 radical (unpaired) electrons. The summed E-state index contributed by atoms with van der Waals surface area (Å²) in [5.41, 5.74) is 0.344. The Hall–Kier alpha value is -1.60. The topological polar surface area (TPSA) is 80.4 Å². The Bertz CT molecular complexity index is 482. The normalized spacial score (nSPS) is 17.9. The number of carbonyl (C=O) groups excluding carboxylic acids is 1. The monoisotopic (exact) mass is 288 g/mol. The largest absolute Gasteiger partial charge is 0.358 e. The zero-order chi connectivity index (χ0) is 13.3. The molecule has 0 bridgehead atoms. The van der Waals surface area contributed by atoms with Crippen molar-refractivity contribution in [2.45, 2.75) is 12.5 Å². The van der Waals surface area contributed by atoms with Gasteiger partial charge in [-0.2, -0.15) is 0 Å². The van der Waals surface area contributed by atoms with E-state index in [0.717, 1.165) is 19.5 Å². The molecule has 2 heterocycles. The molecule has 106 valence electrons. The van der Waals surface area contributed by atoms with Crippen LogP contribution in [0.15, 0.2) is 12.1 Å². The minimum Gasteiger partial charge on any atom is -0.358 e. The number of aromatic nitrogens is 1. The van der Waals surface area contributed by atoms with Crippen molar-refractivity contribution in [2.75, 3.05) is 20.1 Å². The Kier molecular flexibility index (Phi) is 4.90. The molecule has 1 fully saturated rings. The first-order valence-corrected chi connectivity index (χ1v) is 5.80. The summed E-state index contributed by atoms with van der Waals surface area (Å²) in [6, 6.07) is 3.01. The zero-order valence-corrected chi connectivity index (χ0v) is 11.6. The highest BCUT2D eigenvalue weighted by atomic mass is 35.5. The highest BCUT2D eigenvalue weighted by Gasteiger charge is 2.28. The van der Waals surface area contributed by atoms with E-state index < -0.39 is 4.92 Å². The predicted octanol–water partition coefficient (Wildman–Crippen LogP) is 0.789. The van der Waals surface area contributed by atoms with E-state index >= 15 is 0 Å². The number of nitrogens with one attached hydrogen (secondary N) is 1. The van der Waals surface area contributed by atoms with E-state index in [4.69, 9.17) is 0 Å². The van der Waals surface area contributed by atoms with Gasteiger partial charge in [0, 0.05) is 25.7 Å². The predicted molar refractivity (Wildman–Crippen MR) is 72.7 cm³/mol. The van der Waals surface area contributed by atoms with E-state index in [2.05, 4.69) is 5.32 Å². The number of hydrogen-bond donors (Lipinski definition) is 1. The quantitative estimate of drug-likeness (QED) is 0.659. The molecule has 19 heavy (non-hydrogen) atoms. The summed E-state index contributed by atoms with van der Waals surface area (Å²) >= 11 is 0. The number of rotatable bonds is 3. The number of amides is 1. The standard InChI is InChI=1S/C11H16N4O3.ClH/c1-13(8-5-6-12-7-8)11(16)9-3-4-10(14(9)2)15(17)18;/h3-4,8,12H,5-7H2,1-2H3;1H. The molecule has 2 rings (SSSR count). The van der Waals surface area contributed by atoms with Gasteiger partial charge in [0.2, 0.25) is 0 Å². The maximum absolute atomic E-state index is 12.2. The summed E-state index contributed by atoms with van der Waals surface area (Å²) < 4.78 is 1.32. The van der Waals surface area contributed by atoms with Crippen molar-refractivity contribution >= 4 is 24.1 Å². The molecule has 0 spiro atoms. The van der Waals surface area contributed by atoms with Crippen LogP contribution in [0.1, 0.15) is 16.9 Å². The van der Waals surface area contributed by atoms with Gasteiger partial charge in [-0.3, -0.25) is 4.79 Å². The average molecular weight is 289 g/mol. The van der Waals surface area contributed by atoms with Crippen LogP contribution in [0.5, 0.6) is 0 Å².